The molecule has 0 fully saturated rings. The highest BCUT2D eigenvalue weighted by Crippen LogP contribution is 2.35. The number of benzene rings is 3. The van der Waals surface area contributed by atoms with Crippen molar-refractivity contribution in [3.63, 3.8) is 0 Å². The standard InChI is InChI=1S/C29H23BrN2O5S/c1-3-37-28(35)24-25(17-7-5-4-6-8-17)31-29-32(26(24)18-9-12-21(36-2)13-10-18)27(34)23(38-29)16-19-15-20(30)11-14-22(19)33/h4-16,26,33H,3H2,1-2H3/b23-16-/t26-/m1/s1. The molecule has 1 aromatic heterocycles. The van der Waals surface area contributed by atoms with E-state index in [9.17, 15) is 14.7 Å². The van der Waals surface area contributed by atoms with E-state index in [1.807, 2.05) is 42.5 Å². The van der Waals surface area contributed by atoms with Crippen LogP contribution < -0.4 is 19.6 Å². The molecule has 38 heavy (non-hydrogen) atoms. The van der Waals surface area contributed by atoms with E-state index in [1.54, 1.807) is 50.4 Å². The molecule has 9 heteroatoms. The summed E-state index contributed by atoms with van der Waals surface area (Å²) in [6.45, 7) is 1.91. The van der Waals surface area contributed by atoms with Gasteiger partial charge in [-0.05, 0) is 48.9 Å². The zero-order valence-electron chi connectivity index (χ0n) is 20.6. The quantitative estimate of drug-likeness (QED) is 0.336. The molecule has 0 amide bonds. The first-order chi connectivity index (χ1) is 18.4. The lowest BCUT2D eigenvalue weighted by Gasteiger charge is -2.26. The monoisotopic (exact) mass is 590 g/mol. The van der Waals surface area contributed by atoms with Crippen LogP contribution in [-0.4, -0.2) is 29.4 Å². The normalized spacial score (nSPS) is 15.1. The summed E-state index contributed by atoms with van der Waals surface area (Å²) in [7, 11) is 1.58. The Balaban J connectivity index is 1.83. The summed E-state index contributed by atoms with van der Waals surface area (Å²) in [4.78, 5) is 32.6. The Bertz CT molecular complexity index is 1720. The van der Waals surface area contributed by atoms with Crippen molar-refractivity contribution >= 4 is 45.0 Å². The molecule has 1 atom stereocenters. The van der Waals surface area contributed by atoms with Gasteiger partial charge < -0.3 is 14.6 Å². The summed E-state index contributed by atoms with van der Waals surface area (Å²) < 4.78 is 13.5. The zero-order valence-corrected chi connectivity index (χ0v) is 23.0. The third-order valence-corrected chi connectivity index (χ3v) is 7.56. The third-order valence-electron chi connectivity index (χ3n) is 6.08. The summed E-state index contributed by atoms with van der Waals surface area (Å²) in [6, 6.07) is 20.8. The number of halogens is 1. The minimum absolute atomic E-state index is 0.0444. The Hall–Kier alpha value is -3.95. The van der Waals surface area contributed by atoms with Gasteiger partial charge in [-0.2, -0.15) is 0 Å². The van der Waals surface area contributed by atoms with Gasteiger partial charge in [0.2, 0.25) is 0 Å². The highest BCUT2D eigenvalue weighted by atomic mass is 79.9. The van der Waals surface area contributed by atoms with Gasteiger partial charge in [0.05, 0.1) is 35.6 Å². The Morgan fingerprint density at radius 2 is 1.87 bits per heavy atom. The van der Waals surface area contributed by atoms with Crippen LogP contribution in [0.15, 0.2) is 92.6 Å². The number of aromatic hydroxyl groups is 1. The lowest BCUT2D eigenvalue weighted by Crippen LogP contribution is -2.40. The van der Waals surface area contributed by atoms with Gasteiger partial charge in [-0.3, -0.25) is 9.36 Å². The van der Waals surface area contributed by atoms with Gasteiger partial charge in [-0.15, -0.1) is 0 Å². The summed E-state index contributed by atoms with van der Waals surface area (Å²) >= 11 is 4.61. The van der Waals surface area contributed by atoms with Crippen LogP contribution in [0.1, 0.15) is 29.7 Å². The van der Waals surface area contributed by atoms with Gasteiger partial charge in [0.25, 0.3) is 5.56 Å². The third kappa shape index (κ3) is 4.82. The van der Waals surface area contributed by atoms with E-state index in [4.69, 9.17) is 14.5 Å². The number of ether oxygens (including phenoxy) is 2. The van der Waals surface area contributed by atoms with Gasteiger partial charge in [0.15, 0.2) is 4.80 Å². The number of phenols is 1. The Morgan fingerprint density at radius 3 is 2.55 bits per heavy atom. The molecule has 1 aliphatic rings. The maximum absolute atomic E-state index is 13.9. The molecule has 0 saturated heterocycles. The number of esters is 1. The van der Waals surface area contributed by atoms with E-state index in [0.29, 0.717) is 31.9 Å². The van der Waals surface area contributed by atoms with Gasteiger partial charge in [-0.1, -0.05) is 69.7 Å². The van der Waals surface area contributed by atoms with Crippen molar-refractivity contribution in [2.75, 3.05) is 13.7 Å². The highest BCUT2D eigenvalue weighted by Gasteiger charge is 2.35. The lowest BCUT2D eigenvalue weighted by atomic mass is 9.93. The zero-order chi connectivity index (χ0) is 26.8. The first-order valence-corrected chi connectivity index (χ1v) is 13.4. The lowest BCUT2D eigenvalue weighted by molar-refractivity contribution is -0.138. The number of methoxy groups -OCH3 is 1. The molecule has 0 spiro atoms. The molecule has 0 unspecified atom stereocenters. The summed E-state index contributed by atoms with van der Waals surface area (Å²) in [5.74, 6) is 0.147. The topological polar surface area (TPSA) is 90.1 Å². The fraction of sp³-hybridized carbons (Fsp3) is 0.138. The highest BCUT2D eigenvalue weighted by molar-refractivity contribution is 9.10. The van der Waals surface area contributed by atoms with Crippen LogP contribution in [0, 0.1) is 0 Å². The molecule has 1 aliphatic heterocycles. The van der Waals surface area contributed by atoms with Gasteiger partial charge in [0.1, 0.15) is 11.5 Å². The van der Waals surface area contributed by atoms with E-state index < -0.39 is 12.0 Å². The summed E-state index contributed by atoms with van der Waals surface area (Å²) in [5.41, 5.74) is 2.31. The molecule has 5 rings (SSSR count). The van der Waals surface area contributed by atoms with E-state index in [1.165, 1.54) is 15.9 Å². The van der Waals surface area contributed by atoms with Gasteiger partial charge in [-0.25, -0.2) is 9.79 Å². The second kappa shape index (κ2) is 10.8. The molecule has 0 aliphatic carbocycles. The van der Waals surface area contributed by atoms with Crippen LogP contribution in [0.3, 0.4) is 0 Å². The average Bonchev–Trinajstić information content (AvgIpc) is 3.25. The van der Waals surface area contributed by atoms with Crippen molar-refractivity contribution in [2.24, 2.45) is 4.99 Å². The van der Waals surface area contributed by atoms with E-state index in [0.717, 1.165) is 10.0 Å². The van der Waals surface area contributed by atoms with Crippen molar-refractivity contribution < 1.29 is 19.4 Å². The molecular weight excluding hydrogens is 568 g/mol. The Labute approximate surface area is 230 Å². The number of hydrogen-bond acceptors (Lipinski definition) is 7. The Kier molecular flexibility index (Phi) is 7.31. The molecule has 0 bridgehead atoms. The first kappa shape index (κ1) is 25.7. The molecule has 1 N–H and O–H groups in total. The number of carbonyl (C=O) groups is 1. The van der Waals surface area contributed by atoms with Crippen molar-refractivity contribution in [3.8, 4) is 11.5 Å². The van der Waals surface area contributed by atoms with Crippen LogP contribution in [0.25, 0.3) is 11.8 Å². The Morgan fingerprint density at radius 1 is 1.13 bits per heavy atom. The number of hydrogen-bond donors (Lipinski definition) is 1. The maximum atomic E-state index is 13.9. The fourth-order valence-electron chi connectivity index (χ4n) is 4.32. The van der Waals surface area contributed by atoms with Crippen molar-refractivity contribution in [1.82, 2.24) is 4.57 Å². The molecular formula is C29H23BrN2O5S. The molecule has 0 radical (unpaired) electrons. The maximum Gasteiger partial charge on any atom is 0.338 e. The van der Waals surface area contributed by atoms with Crippen molar-refractivity contribution in [1.29, 1.82) is 0 Å². The number of fused-ring (bicyclic) bond motifs is 1. The number of carbonyl (C=O) groups excluding carboxylic acids is 1. The minimum Gasteiger partial charge on any atom is -0.507 e. The largest absolute Gasteiger partial charge is 0.507 e. The van der Waals surface area contributed by atoms with Crippen molar-refractivity contribution in [3.05, 3.63) is 119 Å². The molecule has 2 heterocycles. The summed E-state index contributed by atoms with van der Waals surface area (Å²) in [5, 5.41) is 10.4. The first-order valence-electron chi connectivity index (χ1n) is 11.8. The average molecular weight is 591 g/mol. The van der Waals surface area contributed by atoms with Crippen molar-refractivity contribution in [2.45, 2.75) is 13.0 Å². The molecule has 192 valence electrons. The van der Waals surface area contributed by atoms with Crippen LogP contribution in [0.5, 0.6) is 11.5 Å². The predicted octanol–water partition coefficient (Wildman–Crippen LogP) is 4.41. The second-order valence-electron chi connectivity index (χ2n) is 8.41. The molecule has 0 saturated carbocycles. The van der Waals surface area contributed by atoms with Crippen LogP contribution in [0.4, 0.5) is 0 Å². The van der Waals surface area contributed by atoms with Gasteiger partial charge >= 0.3 is 5.97 Å². The van der Waals surface area contributed by atoms with Crippen LogP contribution in [0.2, 0.25) is 0 Å². The van der Waals surface area contributed by atoms with Crippen LogP contribution in [-0.2, 0) is 9.53 Å². The SMILES string of the molecule is CCOC(=O)C1=C(c2ccccc2)N=c2s/c(=C\c3cc(Br)ccc3O)c(=O)n2[C@@H]1c1ccc(OC)cc1. The van der Waals surface area contributed by atoms with E-state index in [2.05, 4.69) is 15.9 Å². The fourth-order valence-corrected chi connectivity index (χ4v) is 5.69. The predicted molar refractivity (Wildman–Crippen MR) is 150 cm³/mol. The number of phenolic OH excluding ortho intramolecular Hbond substituents is 1. The van der Waals surface area contributed by atoms with Crippen LogP contribution >= 0.6 is 27.3 Å². The number of rotatable bonds is 6. The minimum atomic E-state index is -0.787. The molecule has 7 nitrogen and oxygen atoms in total. The van der Waals surface area contributed by atoms with Gasteiger partial charge in [0, 0.05) is 15.6 Å². The summed E-state index contributed by atoms with van der Waals surface area (Å²) in [6.07, 6.45) is 1.63. The number of thiazole rings is 1. The number of nitrogens with zero attached hydrogens (tertiary/aromatic N) is 2. The smallest absolute Gasteiger partial charge is 0.338 e. The van der Waals surface area contributed by atoms with E-state index >= 15 is 0 Å². The van der Waals surface area contributed by atoms with E-state index in [-0.39, 0.29) is 23.5 Å². The number of aromatic nitrogens is 1. The molecule has 4 aromatic rings. The second-order valence-corrected chi connectivity index (χ2v) is 10.3. The molecule has 3 aromatic carbocycles.